The molecule has 0 aliphatic carbocycles. The molecule has 3 heterocycles. The number of hydrogen-bond acceptors (Lipinski definition) is 8. The van der Waals surface area contributed by atoms with Crippen LogP contribution in [-0.2, 0) is 27.4 Å². The molecule has 0 bridgehead atoms. The van der Waals surface area contributed by atoms with Crippen molar-refractivity contribution >= 4 is 17.4 Å². The molecule has 0 saturated carbocycles. The van der Waals surface area contributed by atoms with Gasteiger partial charge in [-0.25, -0.2) is 0 Å². The average Bonchev–Trinajstić information content (AvgIpc) is 3.56. The Morgan fingerprint density at radius 3 is 2.53 bits per heavy atom. The lowest BCUT2D eigenvalue weighted by atomic mass is 9.94. The molecule has 2 atom stereocenters. The molecule has 1 N–H and O–H groups in total. The Hall–Kier alpha value is -4.34. The Morgan fingerprint density at radius 1 is 0.956 bits per heavy atom. The molecule has 0 unspecified atom stereocenters. The highest BCUT2D eigenvalue weighted by Crippen LogP contribution is 2.43. The van der Waals surface area contributed by atoms with Gasteiger partial charge in [0.1, 0.15) is 24.2 Å². The Labute approximate surface area is 263 Å². The van der Waals surface area contributed by atoms with E-state index in [-0.39, 0.29) is 17.4 Å². The number of carbonyl (C=O) groups is 2. The topological polar surface area (TPSA) is 97.8 Å². The van der Waals surface area contributed by atoms with Crippen molar-refractivity contribution in [3.05, 3.63) is 94.6 Å². The van der Waals surface area contributed by atoms with Gasteiger partial charge in [-0.15, -0.1) is 0 Å². The van der Waals surface area contributed by atoms with E-state index in [4.69, 9.17) is 18.9 Å². The zero-order valence-electron chi connectivity index (χ0n) is 25.9. The molecule has 0 radical (unpaired) electrons. The third kappa shape index (κ3) is 6.70. The zero-order chi connectivity index (χ0) is 31.3. The molecule has 3 aromatic rings. The summed E-state index contributed by atoms with van der Waals surface area (Å²) in [6.45, 7) is 8.84. The van der Waals surface area contributed by atoms with Crippen LogP contribution < -0.4 is 14.2 Å². The number of ether oxygens (including phenoxy) is 4. The van der Waals surface area contributed by atoms with Crippen molar-refractivity contribution in [3.63, 3.8) is 0 Å². The molecule has 2 fully saturated rings. The number of aliphatic hydroxyl groups is 1. The molecule has 0 aromatic heterocycles. The van der Waals surface area contributed by atoms with Gasteiger partial charge in [-0.2, -0.15) is 0 Å². The molecule has 1 amide bonds. The number of carbonyl (C=O) groups excluding carboxylic acids is 2. The summed E-state index contributed by atoms with van der Waals surface area (Å²) in [4.78, 5) is 31.2. The van der Waals surface area contributed by atoms with Crippen molar-refractivity contribution in [2.24, 2.45) is 0 Å². The lowest BCUT2D eigenvalue weighted by molar-refractivity contribution is -0.140. The Bertz CT molecular complexity index is 1560. The minimum Gasteiger partial charge on any atom is -0.507 e. The van der Waals surface area contributed by atoms with Crippen LogP contribution in [0.3, 0.4) is 0 Å². The molecular weight excluding hydrogens is 572 g/mol. The van der Waals surface area contributed by atoms with E-state index >= 15 is 0 Å². The van der Waals surface area contributed by atoms with Gasteiger partial charge in [-0.1, -0.05) is 36.4 Å². The summed E-state index contributed by atoms with van der Waals surface area (Å²) in [6, 6.07) is 19.9. The predicted molar refractivity (Wildman–Crippen MR) is 170 cm³/mol. The minimum atomic E-state index is -0.791. The molecule has 2 saturated heterocycles. The maximum atomic E-state index is 13.7. The van der Waals surface area contributed by atoms with E-state index in [1.807, 2.05) is 74.5 Å². The van der Waals surface area contributed by atoms with Gasteiger partial charge in [0.25, 0.3) is 11.7 Å². The highest BCUT2D eigenvalue weighted by Gasteiger charge is 2.46. The number of fused-ring (bicyclic) bond motifs is 1. The fourth-order valence-electron chi connectivity index (χ4n) is 6.29. The summed E-state index contributed by atoms with van der Waals surface area (Å²) in [5.74, 6) is 0.320. The SMILES string of the molecule is CCOc1cc([C@@H]2C(=C(O)c3ccc4c(c3)C[C@@H](C)O4)C(=O)C(=O)N2CCCN2CCOCC2)ccc1OCc1ccccc1. The Balaban J connectivity index is 1.35. The van der Waals surface area contributed by atoms with E-state index in [2.05, 4.69) is 4.90 Å². The quantitative estimate of drug-likeness (QED) is 0.181. The lowest BCUT2D eigenvalue weighted by Crippen LogP contribution is -2.39. The monoisotopic (exact) mass is 612 g/mol. The normalized spacial score (nSPS) is 21.1. The second-order valence-electron chi connectivity index (χ2n) is 11.7. The Kier molecular flexibility index (Phi) is 9.37. The molecule has 45 heavy (non-hydrogen) atoms. The summed E-state index contributed by atoms with van der Waals surface area (Å²) in [5.41, 5.74) is 3.19. The van der Waals surface area contributed by atoms with Gasteiger partial charge in [-0.3, -0.25) is 14.5 Å². The number of aliphatic hydroxyl groups excluding tert-OH is 1. The van der Waals surface area contributed by atoms with E-state index in [1.54, 1.807) is 11.0 Å². The smallest absolute Gasteiger partial charge is 0.295 e. The highest BCUT2D eigenvalue weighted by molar-refractivity contribution is 6.46. The first-order chi connectivity index (χ1) is 21.9. The van der Waals surface area contributed by atoms with Gasteiger partial charge in [0, 0.05) is 38.2 Å². The standard InChI is InChI=1S/C36H40N2O7/c1-3-43-31-22-26(10-13-30(31)44-23-25-8-5-4-6-9-25)33-32(34(39)27-11-12-29-28(21-27)20-24(2)45-29)35(40)36(41)38(33)15-7-14-37-16-18-42-19-17-37/h4-6,8-13,21-22,24,33,39H,3,7,14-20,23H2,1-2H3/t24-,33-/m1/s1. The number of hydrogen-bond donors (Lipinski definition) is 1. The molecule has 3 aromatic carbocycles. The van der Waals surface area contributed by atoms with Crippen molar-refractivity contribution in [1.29, 1.82) is 0 Å². The lowest BCUT2D eigenvalue weighted by Gasteiger charge is -2.29. The van der Waals surface area contributed by atoms with Crippen LogP contribution in [0.5, 0.6) is 17.2 Å². The van der Waals surface area contributed by atoms with Crippen molar-refractivity contribution in [1.82, 2.24) is 9.80 Å². The number of benzene rings is 3. The summed E-state index contributed by atoms with van der Waals surface area (Å²) in [6.07, 6.45) is 1.42. The summed E-state index contributed by atoms with van der Waals surface area (Å²) in [5, 5.41) is 11.7. The van der Waals surface area contributed by atoms with Crippen LogP contribution in [0.25, 0.3) is 5.76 Å². The van der Waals surface area contributed by atoms with Crippen LogP contribution in [-0.4, -0.2) is 78.7 Å². The van der Waals surface area contributed by atoms with E-state index < -0.39 is 17.7 Å². The first kappa shape index (κ1) is 30.7. The van der Waals surface area contributed by atoms with Gasteiger partial charge in [0.05, 0.1) is 31.4 Å². The molecule has 9 heteroatoms. The largest absolute Gasteiger partial charge is 0.507 e. The molecule has 3 aliphatic rings. The van der Waals surface area contributed by atoms with Crippen LogP contribution in [0.4, 0.5) is 0 Å². The highest BCUT2D eigenvalue weighted by atomic mass is 16.5. The van der Waals surface area contributed by atoms with Crippen LogP contribution in [0.2, 0.25) is 0 Å². The number of Topliss-reactive ketones (excluding diaryl/α,β-unsaturated/α-hetero) is 1. The van der Waals surface area contributed by atoms with Crippen molar-refractivity contribution in [2.75, 3.05) is 46.0 Å². The van der Waals surface area contributed by atoms with Crippen LogP contribution in [0, 0.1) is 0 Å². The second-order valence-corrected chi connectivity index (χ2v) is 11.7. The first-order valence-corrected chi connectivity index (χ1v) is 15.7. The predicted octanol–water partition coefficient (Wildman–Crippen LogP) is 5.13. The molecular formula is C36H40N2O7. The van der Waals surface area contributed by atoms with E-state index in [9.17, 15) is 14.7 Å². The van der Waals surface area contributed by atoms with Gasteiger partial charge in [0.15, 0.2) is 11.5 Å². The molecule has 6 rings (SSSR count). The maximum absolute atomic E-state index is 13.7. The average molecular weight is 613 g/mol. The number of likely N-dealkylation sites (tertiary alicyclic amines) is 1. The summed E-state index contributed by atoms with van der Waals surface area (Å²) < 4.78 is 23.4. The first-order valence-electron chi connectivity index (χ1n) is 15.7. The number of rotatable bonds is 11. The maximum Gasteiger partial charge on any atom is 0.295 e. The van der Waals surface area contributed by atoms with Crippen LogP contribution >= 0.6 is 0 Å². The zero-order valence-corrected chi connectivity index (χ0v) is 25.9. The van der Waals surface area contributed by atoms with E-state index in [0.29, 0.717) is 68.4 Å². The van der Waals surface area contributed by atoms with Gasteiger partial charge >= 0.3 is 0 Å². The molecule has 9 nitrogen and oxygen atoms in total. The number of amides is 1. The van der Waals surface area contributed by atoms with Crippen LogP contribution in [0.15, 0.2) is 72.3 Å². The van der Waals surface area contributed by atoms with Gasteiger partial charge in [-0.05, 0) is 67.3 Å². The number of ketones is 1. The minimum absolute atomic E-state index is 0.0362. The summed E-state index contributed by atoms with van der Waals surface area (Å²) >= 11 is 0. The Morgan fingerprint density at radius 2 is 1.76 bits per heavy atom. The van der Waals surface area contributed by atoms with Gasteiger partial charge < -0.3 is 29.0 Å². The fraction of sp³-hybridized carbons (Fsp3) is 0.389. The van der Waals surface area contributed by atoms with E-state index in [1.165, 1.54) is 0 Å². The fourth-order valence-corrected chi connectivity index (χ4v) is 6.29. The third-order valence-corrected chi connectivity index (χ3v) is 8.51. The van der Waals surface area contributed by atoms with E-state index in [0.717, 1.165) is 36.5 Å². The molecule has 3 aliphatic heterocycles. The number of nitrogens with zero attached hydrogens (tertiary/aromatic N) is 2. The van der Waals surface area contributed by atoms with Crippen molar-refractivity contribution in [3.8, 4) is 17.2 Å². The second kappa shape index (κ2) is 13.7. The third-order valence-electron chi connectivity index (χ3n) is 8.51. The molecule has 236 valence electrons. The van der Waals surface area contributed by atoms with Crippen LogP contribution in [0.1, 0.15) is 48.6 Å². The van der Waals surface area contributed by atoms with Gasteiger partial charge in [0.2, 0.25) is 0 Å². The van der Waals surface area contributed by atoms with Crippen molar-refractivity contribution < 1.29 is 33.6 Å². The van der Waals surface area contributed by atoms with Crippen molar-refractivity contribution in [2.45, 2.75) is 45.4 Å². The molecule has 0 spiro atoms. The number of morpholine rings is 1. The summed E-state index contributed by atoms with van der Waals surface area (Å²) in [7, 11) is 0.